The maximum atomic E-state index is 11.7. The Morgan fingerprint density at radius 2 is 1.78 bits per heavy atom. The van der Waals surface area contributed by atoms with Crippen LogP contribution in [0.2, 0.25) is 0 Å². The molecule has 0 unspecified atom stereocenters. The van der Waals surface area contributed by atoms with Crippen molar-refractivity contribution in [3.8, 4) is 11.5 Å². The second kappa shape index (κ2) is 7.01. The van der Waals surface area contributed by atoms with E-state index in [9.17, 15) is 9.90 Å². The predicted molar refractivity (Wildman–Crippen MR) is 91.0 cm³/mol. The minimum Gasteiger partial charge on any atom is -0.493 e. The van der Waals surface area contributed by atoms with Crippen LogP contribution >= 0.6 is 0 Å². The van der Waals surface area contributed by atoms with Gasteiger partial charge in [0.15, 0.2) is 11.5 Å². The molecule has 0 fully saturated rings. The van der Waals surface area contributed by atoms with Gasteiger partial charge in [0, 0.05) is 5.56 Å². The molecule has 4 nitrogen and oxygen atoms in total. The molecular formula is C19H20O4. The maximum Gasteiger partial charge on any atom is 0.336 e. The third-order valence-corrected chi connectivity index (χ3v) is 3.78. The summed E-state index contributed by atoms with van der Waals surface area (Å²) in [6.07, 6.45) is 1.60. The fraction of sp³-hybridized carbons (Fsp3) is 0.211. The van der Waals surface area contributed by atoms with Gasteiger partial charge in [0.2, 0.25) is 0 Å². The zero-order chi connectivity index (χ0) is 17.0. The highest BCUT2D eigenvalue weighted by Gasteiger charge is 2.14. The second-order valence-electron chi connectivity index (χ2n) is 5.24. The van der Waals surface area contributed by atoms with Crippen molar-refractivity contribution in [2.24, 2.45) is 0 Å². The van der Waals surface area contributed by atoms with Crippen molar-refractivity contribution in [1.82, 2.24) is 0 Å². The lowest BCUT2D eigenvalue weighted by Gasteiger charge is -2.11. The zero-order valence-corrected chi connectivity index (χ0v) is 13.7. The monoisotopic (exact) mass is 312 g/mol. The van der Waals surface area contributed by atoms with Gasteiger partial charge < -0.3 is 14.6 Å². The van der Waals surface area contributed by atoms with Gasteiger partial charge in [-0.2, -0.15) is 0 Å². The van der Waals surface area contributed by atoms with Crippen LogP contribution in [0.4, 0.5) is 0 Å². The van der Waals surface area contributed by atoms with E-state index < -0.39 is 5.97 Å². The van der Waals surface area contributed by atoms with Crippen molar-refractivity contribution in [3.05, 3.63) is 58.7 Å². The average Bonchev–Trinajstić information content (AvgIpc) is 2.54. The Balaban J connectivity index is 2.60. The molecule has 2 rings (SSSR count). The highest BCUT2D eigenvalue weighted by Crippen LogP contribution is 2.33. The van der Waals surface area contributed by atoms with Crippen LogP contribution in [0.15, 0.2) is 36.4 Å². The van der Waals surface area contributed by atoms with E-state index in [0.717, 1.165) is 11.1 Å². The topological polar surface area (TPSA) is 55.8 Å². The summed E-state index contributed by atoms with van der Waals surface area (Å²) in [6, 6.07) is 11.0. The van der Waals surface area contributed by atoms with Crippen molar-refractivity contribution in [1.29, 1.82) is 0 Å². The normalized spacial score (nSPS) is 11.2. The third kappa shape index (κ3) is 3.54. The smallest absolute Gasteiger partial charge is 0.336 e. The molecule has 23 heavy (non-hydrogen) atoms. The lowest BCUT2D eigenvalue weighted by molar-refractivity contribution is -0.130. The van der Waals surface area contributed by atoms with Crippen LogP contribution in [-0.2, 0) is 4.79 Å². The standard InChI is InChI=1S/C19H20O4/c1-12-8-9-14(10-13(12)2)16(19(20)21)11-15-6-5-7-17(22-3)18(15)23-4/h5-11H,1-4H3,(H,20,21)/b16-11-. The lowest BCUT2D eigenvalue weighted by atomic mass is 9.98. The summed E-state index contributed by atoms with van der Waals surface area (Å²) in [7, 11) is 3.08. The summed E-state index contributed by atoms with van der Waals surface area (Å²) in [5, 5.41) is 9.60. The molecule has 0 aromatic heterocycles. The number of aryl methyl sites for hydroxylation is 2. The SMILES string of the molecule is COc1cccc(/C=C(\C(=O)O)c2ccc(C)c(C)c2)c1OC. The molecule has 2 aromatic carbocycles. The first kappa shape index (κ1) is 16.6. The first-order valence-corrected chi connectivity index (χ1v) is 7.21. The van der Waals surface area contributed by atoms with E-state index >= 15 is 0 Å². The molecule has 0 bridgehead atoms. The Morgan fingerprint density at radius 1 is 1.04 bits per heavy atom. The van der Waals surface area contributed by atoms with Gasteiger partial charge in [-0.3, -0.25) is 0 Å². The van der Waals surface area contributed by atoms with Gasteiger partial charge in [0.1, 0.15) is 0 Å². The van der Waals surface area contributed by atoms with Crippen molar-refractivity contribution >= 4 is 17.6 Å². The molecule has 0 heterocycles. The van der Waals surface area contributed by atoms with E-state index in [1.165, 1.54) is 7.11 Å². The van der Waals surface area contributed by atoms with E-state index in [2.05, 4.69) is 0 Å². The molecule has 0 atom stereocenters. The summed E-state index contributed by atoms with van der Waals surface area (Å²) < 4.78 is 10.6. The van der Waals surface area contributed by atoms with Gasteiger partial charge in [0.25, 0.3) is 0 Å². The summed E-state index contributed by atoms with van der Waals surface area (Å²) in [6.45, 7) is 3.96. The van der Waals surface area contributed by atoms with E-state index in [4.69, 9.17) is 9.47 Å². The molecule has 0 radical (unpaired) electrons. The van der Waals surface area contributed by atoms with Crippen molar-refractivity contribution in [3.63, 3.8) is 0 Å². The Labute approximate surface area is 136 Å². The molecule has 0 saturated heterocycles. The molecule has 120 valence electrons. The number of methoxy groups -OCH3 is 2. The summed E-state index contributed by atoms with van der Waals surface area (Å²) in [5.74, 6) is 0.0850. The number of carbonyl (C=O) groups is 1. The number of aliphatic carboxylic acids is 1. The lowest BCUT2D eigenvalue weighted by Crippen LogP contribution is -2.01. The summed E-state index contributed by atoms with van der Waals surface area (Å²) >= 11 is 0. The fourth-order valence-corrected chi connectivity index (χ4v) is 2.36. The fourth-order valence-electron chi connectivity index (χ4n) is 2.36. The average molecular weight is 312 g/mol. The quantitative estimate of drug-likeness (QED) is 0.671. The van der Waals surface area contributed by atoms with Crippen LogP contribution in [0.25, 0.3) is 11.6 Å². The molecule has 0 amide bonds. The number of benzene rings is 2. The second-order valence-corrected chi connectivity index (χ2v) is 5.24. The highest BCUT2D eigenvalue weighted by atomic mass is 16.5. The first-order chi connectivity index (χ1) is 11.0. The molecule has 0 aliphatic carbocycles. The van der Waals surface area contributed by atoms with Crippen LogP contribution in [0.3, 0.4) is 0 Å². The molecule has 1 N–H and O–H groups in total. The van der Waals surface area contributed by atoms with Gasteiger partial charge in [0.05, 0.1) is 19.8 Å². The minimum atomic E-state index is -0.988. The summed E-state index contributed by atoms with van der Waals surface area (Å²) in [5.41, 5.74) is 3.69. The molecule has 2 aromatic rings. The van der Waals surface area contributed by atoms with E-state index in [1.54, 1.807) is 31.4 Å². The molecule has 0 aliphatic rings. The van der Waals surface area contributed by atoms with Gasteiger partial charge in [-0.1, -0.05) is 30.3 Å². The van der Waals surface area contributed by atoms with Gasteiger partial charge in [-0.15, -0.1) is 0 Å². The van der Waals surface area contributed by atoms with E-state index in [1.807, 2.05) is 32.0 Å². The largest absolute Gasteiger partial charge is 0.493 e. The number of carboxylic acid groups (broad SMARTS) is 1. The highest BCUT2D eigenvalue weighted by molar-refractivity contribution is 6.20. The van der Waals surface area contributed by atoms with Crippen LogP contribution in [0, 0.1) is 13.8 Å². The zero-order valence-electron chi connectivity index (χ0n) is 13.7. The maximum absolute atomic E-state index is 11.7. The molecule has 4 heteroatoms. The number of hydrogen-bond acceptors (Lipinski definition) is 3. The predicted octanol–water partition coefficient (Wildman–Crippen LogP) is 3.95. The van der Waals surface area contributed by atoms with Crippen LogP contribution in [0.1, 0.15) is 22.3 Å². The van der Waals surface area contributed by atoms with E-state index in [0.29, 0.717) is 22.6 Å². The molecule has 0 aliphatic heterocycles. The van der Waals surface area contributed by atoms with Crippen LogP contribution in [-0.4, -0.2) is 25.3 Å². The number of para-hydroxylation sites is 1. The van der Waals surface area contributed by atoms with Gasteiger partial charge in [-0.05, 0) is 42.7 Å². The van der Waals surface area contributed by atoms with Gasteiger partial charge in [-0.25, -0.2) is 4.79 Å². The minimum absolute atomic E-state index is 0.208. The number of hydrogen-bond donors (Lipinski definition) is 1. The molecular weight excluding hydrogens is 292 g/mol. The Kier molecular flexibility index (Phi) is 5.06. The van der Waals surface area contributed by atoms with Crippen molar-refractivity contribution < 1.29 is 19.4 Å². The van der Waals surface area contributed by atoms with Crippen LogP contribution < -0.4 is 9.47 Å². The summed E-state index contributed by atoms with van der Waals surface area (Å²) in [4.78, 5) is 11.7. The van der Waals surface area contributed by atoms with E-state index in [-0.39, 0.29) is 5.57 Å². The Hall–Kier alpha value is -2.75. The van der Waals surface area contributed by atoms with Crippen molar-refractivity contribution in [2.45, 2.75) is 13.8 Å². The number of carboxylic acids is 1. The number of rotatable bonds is 5. The number of ether oxygens (including phenoxy) is 2. The Morgan fingerprint density at radius 3 is 2.35 bits per heavy atom. The van der Waals surface area contributed by atoms with Gasteiger partial charge >= 0.3 is 5.97 Å². The van der Waals surface area contributed by atoms with Crippen molar-refractivity contribution in [2.75, 3.05) is 14.2 Å². The molecule has 0 saturated carbocycles. The first-order valence-electron chi connectivity index (χ1n) is 7.21. The molecule has 0 spiro atoms. The Bertz CT molecular complexity index is 760. The van der Waals surface area contributed by atoms with Crippen LogP contribution in [0.5, 0.6) is 11.5 Å². The third-order valence-electron chi connectivity index (χ3n) is 3.78.